The molecule has 5 heteroatoms. The molecule has 2 aromatic heterocycles. The zero-order valence-electron chi connectivity index (χ0n) is 11.6. The third kappa shape index (κ3) is 3.38. The van der Waals surface area contributed by atoms with Crippen molar-refractivity contribution in [3.63, 3.8) is 0 Å². The average Bonchev–Trinajstić information content (AvgIpc) is 2.79. The monoisotopic (exact) mass is 280 g/mol. The fourth-order valence-electron chi connectivity index (χ4n) is 2.34. The molecule has 0 fully saturated rings. The van der Waals surface area contributed by atoms with Crippen LogP contribution in [0.3, 0.4) is 0 Å². The number of nitrogens with one attached hydrogen (secondary N) is 1. The highest BCUT2D eigenvalue weighted by Crippen LogP contribution is 2.20. The summed E-state index contributed by atoms with van der Waals surface area (Å²) in [6, 6.07) is 1.98. The van der Waals surface area contributed by atoms with Gasteiger partial charge in [-0.15, -0.1) is 11.6 Å². The van der Waals surface area contributed by atoms with E-state index < -0.39 is 0 Å². The molecule has 0 bridgehead atoms. The van der Waals surface area contributed by atoms with Gasteiger partial charge in [-0.1, -0.05) is 13.3 Å². The van der Waals surface area contributed by atoms with E-state index in [2.05, 4.69) is 22.2 Å². The Kier molecular flexibility index (Phi) is 5.02. The van der Waals surface area contributed by atoms with Gasteiger partial charge in [-0.2, -0.15) is 0 Å². The minimum absolute atomic E-state index is 0.600. The summed E-state index contributed by atoms with van der Waals surface area (Å²) in [6.45, 7) is 3.11. The van der Waals surface area contributed by atoms with E-state index in [1.165, 1.54) is 12.8 Å². The minimum atomic E-state index is 0.600. The molecular formula is C14H21ClN4. The van der Waals surface area contributed by atoms with Crippen LogP contribution in [-0.2, 0) is 7.05 Å². The molecule has 0 aliphatic rings. The first-order valence-electron chi connectivity index (χ1n) is 6.82. The lowest BCUT2D eigenvalue weighted by Crippen LogP contribution is -2.15. The van der Waals surface area contributed by atoms with Crippen molar-refractivity contribution < 1.29 is 0 Å². The maximum absolute atomic E-state index is 5.85. The topological polar surface area (TPSA) is 42.7 Å². The zero-order valence-corrected chi connectivity index (χ0v) is 12.3. The van der Waals surface area contributed by atoms with E-state index in [1.54, 1.807) is 0 Å². The van der Waals surface area contributed by atoms with Crippen molar-refractivity contribution in [1.29, 1.82) is 0 Å². The highest BCUT2D eigenvalue weighted by Gasteiger charge is 2.10. The number of imidazole rings is 1. The van der Waals surface area contributed by atoms with Gasteiger partial charge in [0.25, 0.3) is 0 Å². The summed E-state index contributed by atoms with van der Waals surface area (Å²) in [5.74, 6) is 2.19. The zero-order chi connectivity index (χ0) is 13.7. The fourth-order valence-corrected chi connectivity index (χ4v) is 2.65. The second-order valence-corrected chi connectivity index (χ2v) is 5.27. The van der Waals surface area contributed by atoms with Gasteiger partial charge < -0.3 is 9.88 Å². The Morgan fingerprint density at radius 1 is 1.37 bits per heavy atom. The lowest BCUT2D eigenvalue weighted by atomic mass is 10.0. The minimum Gasteiger partial charge on any atom is -0.368 e. The number of halogens is 1. The number of hydrogen-bond donors (Lipinski definition) is 1. The number of rotatable bonds is 7. The van der Waals surface area contributed by atoms with Gasteiger partial charge in [0.15, 0.2) is 5.82 Å². The molecule has 0 saturated carbocycles. The molecular weight excluding hydrogens is 260 g/mol. The van der Waals surface area contributed by atoms with Crippen LogP contribution in [0.5, 0.6) is 0 Å². The Hall–Kier alpha value is -1.29. The highest BCUT2D eigenvalue weighted by molar-refractivity contribution is 6.17. The van der Waals surface area contributed by atoms with Crippen LogP contribution in [0, 0.1) is 5.92 Å². The van der Waals surface area contributed by atoms with Crippen molar-refractivity contribution in [3.05, 3.63) is 18.6 Å². The van der Waals surface area contributed by atoms with Crippen molar-refractivity contribution >= 4 is 28.5 Å². The second kappa shape index (κ2) is 6.75. The standard InChI is InChI=1S/C14H21ClN4/c1-3-4-11(5-7-15)9-17-14-13-12(6-8-16-14)19(2)10-18-13/h6,8,10-11H,3-5,7,9H2,1-2H3,(H,16,17). The van der Waals surface area contributed by atoms with Gasteiger partial charge in [-0.3, -0.25) is 0 Å². The summed E-state index contributed by atoms with van der Waals surface area (Å²) in [4.78, 5) is 8.79. The molecule has 0 saturated heterocycles. The summed E-state index contributed by atoms with van der Waals surface area (Å²) in [6.07, 6.45) is 7.06. The molecule has 0 aliphatic heterocycles. The van der Waals surface area contributed by atoms with Gasteiger partial charge in [0, 0.05) is 25.7 Å². The molecule has 19 heavy (non-hydrogen) atoms. The normalized spacial score (nSPS) is 12.8. The summed E-state index contributed by atoms with van der Waals surface area (Å²) in [5, 5.41) is 3.43. The Bertz CT molecular complexity index is 517. The molecule has 1 atom stereocenters. The van der Waals surface area contributed by atoms with Crippen LogP contribution >= 0.6 is 11.6 Å². The Morgan fingerprint density at radius 3 is 2.95 bits per heavy atom. The van der Waals surface area contributed by atoms with E-state index in [9.17, 15) is 0 Å². The van der Waals surface area contributed by atoms with Gasteiger partial charge in [-0.05, 0) is 24.8 Å². The molecule has 0 amide bonds. The molecule has 0 aliphatic carbocycles. The Labute approximate surface area is 119 Å². The third-order valence-electron chi connectivity index (χ3n) is 3.42. The maximum Gasteiger partial charge on any atom is 0.154 e. The first-order chi connectivity index (χ1) is 9.26. The van der Waals surface area contributed by atoms with Crippen molar-refractivity contribution in [2.45, 2.75) is 26.2 Å². The van der Waals surface area contributed by atoms with E-state index in [1.807, 2.05) is 30.2 Å². The van der Waals surface area contributed by atoms with Gasteiger partial charge in [-0.25, -0.2) is 9.97 Å². The van der Waals surface area contributed by atoms with Gasteiger partial charge in [0.1, 0.15) is 5.52 Å². The molecule has 0 aromatic carbocycles. The fraction of sp³-hybridized carbons (Fsp3) is 0.571. The number of pyridine rings is 1. The molecule has 1 unspecified atom stereocenters. The summed E-state index contributed by atoms with van der Waals surface area (Å²) >= 11 is 5.85. The highest BCUT2D eigenvalue weighted by atomic mass is 35.5. The number of hydrogen-bond acceptors (Lipinski definition) is 3. The van der Waals surface area contributed by atoms with Crippen LogP contribution in [-0.4, -0.2) is 27.0 Å². The molecule has 0 spiro atoms. The van der Waals surface area contributed by atoms with Crippen molar-refractivity contribution in [2.24, 2.45) is 13.0 Å². The first-order valence-corrected chi connectivity index (χ1v) is 7.35. The van der Waals surface area contributed by atoms with E-state index >= 15 is 0 Å². The van der Waals surface area contributed by atoms with Gasteiger partial charge in [0.05, 0.1) is 11.8 Å². The molecule has 104 valence electrons. The largest absolute Gasteiger partial charge is 0.368 e. The molecule has 4 nitrogen and oxygen atoms in total. The molecule has 2 heterocycles. The van der Waals surface area contributed by atoms with E-state index in [0.717, 1.165) is 29.8 Å². The number of aromatic nitrogens is 3. The molecule has 2 aromatic rings. The molecule has 1 N–H and O–H groups in total. The summed E-state index contributed by atoms with van der Waals surface area (Å²) in [5.41, 5.74) is 2.04. The first kappa shape index (κ1) is 14.1. The van der Waals surface area contributed by atoms with E-state index in [4.69, 9.17) is 11.6 Å². The Morgan fingerprint density at radius 2 is 2.21 bits per heavy atom. The number of anilines is 1. The smallest absolute Gasteiger partial charge is 0.154 e. The van der Waals surface area contributed by atoms with Crippen LogP contribution in [0.2, 0.25) is 0 Å². The average molecular weight is 281 g/mol. The molecule has 2 rings (SSSR count). The quantitative estimate of drug-likeness (QED) is 0.790. The van der Waals surface area contributed by atoms with Crippen LogP contribution < -0.4 is 5.32 Å². The number of nitrogens with zero attached hydrogens (tertiary/aromatic N) is 3. The van der Waals surface area contributed by atoms with Crippen LogP contribution in [0.15, 0.2) is 18.6 Å². The third-order valence-corrected chi connectivity index (χ3v) is 3.63. The van der Waals surface area contributed by atoms with Crippen LogP contribution in [0.4, 0.5) is 5.82 Å². The van der Waals surface area contributed by atoms with Crippen molar-refractivity contribution in [1.82, 2.24) is 14.5 Å². The lowest BCUT2D eigenvalue weighted by Gasteiger charge is -2.16. The Balaban J connectivity index is 2.08. The predicted octanol–water partition coefficient (Wildman–Crippen LogP) is 3.43. The lowest BCUT2D eigenvalue weighted by molar-refractivity contribution is 0.490. The van der Waals surface area contributed by atoms with Gasteiger partial charge in [0.2, 0.25) is 0 Å². The maximum atomic E-state index is 5.85. The van der Waals surface area contributed by atoms with Gasteiger partial charge >= 0.3 is 0 Å². The number of aryl methyl sites for hydroxylation is 1. The van der Waals surface area contributed by atoms with Crippen LogP contribution in [0.25, 0.3) is 11.0 Å². The number of fused-ring (bicyclic) bond motifs is 1. The predicted molar refractivity (Wildman–Crippen MR) is 80.7 cm³/mol. The molecule has 0 radical (unpaired) electrons. The summed E-state index contributed by atoms with van der Waals surface area (Å²) in [7, 11) is 1.99. The number of alkyl halides is 1. The van der Waals surface area contributed by atoms with E-state index in [0.29, 0.717) is 11.8 Å². The van der Waals surface area contributed by atoms with Crippen molar-refractivity contribution in [3.8, 4) is 0 Å². The summed E-state index contributed by atoms with van der Waals surface area (Å²) < 4.78 is 2.00. The van der Waals surface area contributed by atoms with E-state index in [-0.39, 0.29) is 0 Å². The SMILES string of the molecule is CCCC(CCCl)CNc1nccc2c1ncn2C. The van der Waals surface area contributed by atoms with Crippen LogP contribution in [0.1, 0.15) is 26.2 Å². The van der Waals surface area contributed by atoms with Crippen molar-refractivity contribution in [2.75, 3.05) is 17.7 Å². The second-order valence-electron chi connectivity index (χ2n) is 4.90.